The minimum Gasteiger partial charge on any atom is -0.504 e. The number of hydrogen-bond donors (Lipinski definition) is 3. The van der Waals surface area contributed by atoms with Crippen LogP contribution in [0.25, 0.3) is 0 Å². The fourth-order valence-electron chi connectivity index (χ4n) is 2.31. The molecule has 1 aromatic carbocycles. The Balaban J connectivity index is 2.11. The monoisotopic (exact) mass is 221 g/mol. The highest BCUT2D eigenvalue weighted by Gasteiger charge is 2.19. The second kappa shape index (κ2) is 4.74. The number of benzene rings is 1. The summed E-state index contributed by atoms with van der Waals surface area (Å²) in [5, 5.41) is 22.4. The number of rotatable bonds is 3. The van der Waals surface area contributed by atoms with Gasteiger partial charge in [-0.1, -0.05) is 6.92 Å². The van der Waals surface area contributed by atoms with E-state index in [0.717, 1.165) is 37.8 Å². The average Bonchev–Trinajstić information content (AvgIpc) is 2.28. The Morgan fingerprint density at radius 1 is 1.25 bits per heavy atom. The molecule has 0 aromatic heterocycles. The first-order chi connectivity index (χ1) is 7.70. The summed E-state index contributed by atoms with van der Waals surface area (Å²) in [6.07, 6.45) is 4.18. The van der Waals surface area contributed by atoms with E-state index in [9.17, 15) is 10.2 Å². The summed E-state index contributed by atoms with van der Waals surface area (Å²) in [4.78, 5) is 0. The number of hydrogen-bond acceptors (Lipinski definition) is 3. The standard InChI is InChI=1S/C13H19NO2/c1-2-5-14-11-4-3-9-7-12(15)13(16)8-10(9)6-11/h7-8,11,14-16H,2-6H2,1H3. The normalized spacial score (nSPS) is 19.4. The van der Waals surface area contributed by atoms with Gasteiger partial charge in [0.15, 0.2) is 11.5 Å². The van der Waals surface area contributed by atoms with Gasteiger partial charge in [-0.25, -0.2) is 0 Å². The van der Waals surface area contributed by atoms with Crippen molar-refractivity contribution in [3.8, 4) is 11.5 Å². The van der Waals surface area contributed by atoms with Crippen molar-refractivity contribution in [2.75, 3.05) is 6.54 Å². The van der Waals surface area contributed by atoms with Crippen LogP contribution in [-0.4, -0.2) is 22.8 Å². The van der Waals surface area contributed by atoms with E-state index in [0.29, 0.717) is 6.04 Å². The molecule has 0 aliphatic heterocycles. The second-order valence-corrected chi connectivity index (χ2v) is 4.50. The smallest absolute Gasteiger partial charge is 0.157 e. The van der Waals surface area contributed by atoms with Crippen LogP contribution in [-0.2, 0) is 12.8 Å². The van der Waals surface area contributed by atoms with Gasteiger partial charge in [-0.15, -0.1) is 0 Å². The van der Waals surface area contributed by atoms with E-state index in [1.54, 1.807) is 12.1 Å². The van der Waals surface area contributed by atoms with Crippen LogP contribution in [0.1, 0.15) is 30.9 Å². The van der Waals surface area contributed by atoms with Crippen molar-refractivity contribution < 1.29 is 10.2 Å². The summed E-state index contributed by atoms with van der Waals surface area (Å²) in [6.45, 7) is 3.21. The number of aryl methyl sites for hydroxylation is 1. The zero-order chi connectivity index (χ0) is 11.5. The lowest BCUT2D eigenvalue weighted by atomic mass is 9.88. The van der Waals surface area contributed by atoms with Gasteiger partial charge in [0, 0.05) is 6.04 Å². The Hall–Kier alpha value is -1.22. The molecule has 1 unspecified atom stereocenters. The lowest BCUT2D eigenvalue weighted by Crippen LogP contribution is -2.34. The van der Waals surface area contributed by atoms with Crippen molar-refractivity contribution >= 4 is 0 Å². The molecule has 88 valence electrons. The predicted octanol–water partition coefficient (Wildman–Crippen LogP) is 1.95. The highest BCUT2D eigenvalue weighted by molar-refractivity contribution is 5.46. The minimum absolute atomic E-state index is 0.00119. The summed E-state index contributed by atoms with van der Waals surface area (Å²) < 4.78 is 0. The SMILES string of the molecule is CCCNC1CCc2cc(O)c(O)cc2C1. The largest absolute Gasteiger partial charge is 0.504 e. The molecule has 16 heavy (non-hydrogen) atoms. The topological polar surface area (TPSA) is 52.5 Å². The molecule has 0 radical (unpaired) electrons. The first-order valence-electron chi connectivity index (χ1n) is 5.97. The predicted molar refractivity (Wildman–Crippen MR) is 63.9 cm³/mol. The Bertz CT molecular complexity index is 376. The number of fused-ring (bicyclic) bond motifs is 1. The molecule has 1 aliphatic carbocycles. The van der Waals surface area contributed by atoms with Crippen LogP contribution in [0.2, 0.25) is 0 Å². The Kier molecular flexibility index (Phi) is 3.34. The first kappa shape index (κ1) is 11.3. The number of phenolic OH excluding ortho intramolecular Hbond substituents is 2. The lowest BCUT2D eigenvalue weighted by Gasteiger charge is -2.25. The van der Waals surface area contributed by atoms with E-state index in [-0.39, 0.29) is 11.5 Å². The molecule has 0 heterocycles. The zero-order valence-electron chi connectivity index (χ0n) is 9.66. The second-order valence-electron chi connectivity index (χ2n) is 4.50. The molecule has 1 atom stereocenters. The molecule has 3 N–H and O–H groups in total. The molecule has 0 fully saturated rings. The van der Waals surface area contributed by atoms with Gasteiger partial charge in [0.1, 0.15) is 0 Å². The van der Waals surface area contributed by atoms with E-state index >= 15 is 0 Å². The summed E-state index contributed by atoms with van der Waals surface area (Å²) in [5.74, 6) is -0.00592. The van der Waals surface area contributed by atoms with Crippen molar-refractivity contribution in [2.45, 2.75) is 38.6 Å². The Morgan fingerprint density at radius 2 is 1.94 bits per heavy atom. The fraction of sp³-hybridized carbons (Fsp3) is 0.538. The van der Waals surface area contributed by atoms with E-state index in [1.807, 2.05) is 0 Å². The van der Waals surface area contributed by atoms with Gasteiger partial charge >= 0.3 is 0 Å². The Morgan fingerprint density at radius 3 is 2.62 bits per heavy atom. The quantitative estimate of drug-likeness (QED) is 0.684. The van der Waals surface area contributed by atoms with Gasteiger partial charge in [-0.05, 0) is 55.5 Å². The maximum absolute atomic E-state index is 9.47. The first-order valence-corrected chi connectivity index (χ1v) is 5.97. The molecule has 0 saturated heterocycles. The summed E-state index contributed by atoms with van der Waals surface area (Å²) in [5.41, 5.74) is 2.33. The van der Waals surface area contributed by atoms with E-state index < -0.39 is 0 Å². The van der Waals surface area contributed by atoms with E-state index in [1.165, 1.54) is 5.56 Å². The molecule has 2 rings (SSSR count). The average molecular weight is 221 g/mol. The number of nitrogens with one attached hydrogen (secondary N) is 1. The van der Waals surface area contributed by atoms with E-state index in [2.05, 4.69) is 12.2 Å². The zero-order valence-corrected chi connectivity index (χ0v) is 9.66. The molecule has 1 aliphatic rings. The summed E-state index contributed by atoms with van der Waals surface area (Å²) >= 11 is 0. The van der Waals surface area contributed by atoms with Crippen LogP contribution in [0.4, 0.5) is 0 Å². The molecule has 1 aromatic rings. The molecule has 0 saturated carbocycles. The van der Waals surface area contributed by atoms with Gasteiger partial charge < -0.3 is 15.5 Å². The van der Waals surface area contributed by atoms with Crippen molar-refractivity contribution in [3.63, 3.8) is 0 Å². The molecule has 0 amide bonds. The molecular formula is C13H19NO2. The lowest BCUT2D eigenvalue weighted by molar-refractivity contribution is 0.398. The van der Waals surface area contributed by atoms with Gasteiger partial charge in [0.2, 0.25) is 0 Å². The highest BCUT2D eigenvalue weighted by atomic mass is 16.3. The number of aromatic hydroxyl groups is 2. The molecular weight excluding hydrogens is 202 g/mol. The van der Waals surface area contributed by atoms with Gasteiger partial charge in [-0.2, -0.15) is 0 Å². The third kappa shape index (κ3) is 2.30. The van der Waals surface area contributed by atoms with Crippen LogP contribution in [0.5, 0.6) is 11.5 Å². The van der Waals surface area contributed by atoms with Gasteiger partial charge in [0.25, 0.3) is 0 Å². The summed E-state index contributed by atoms with van der Waals surface area (Å²) in [7, 11) is 0. The van der Waals surface area contributed by atoms with Crippen LogP contribution >= 0.6 is 0 Å². The van der Waals surface area contributed by atoms with Crippen LogP contribution in [0.3, 0.4) is 0 Å². The fourth-order valence-corrected chi connectivity index (χ4v) is 2.31. The Labute approximate surface area is 96.1 Å². The molecule has 3 nitrogen and oxygen atoms in total. The van der Waals surface area contributed by atoms with Crippen LogP contribution in [0, 0.1) is 0 Å². The molecule has 3 heteroatoms. The van der Waals surface area contributed by atoms with Crippen molar-refractivity contribution in [1.29, 1.82) is 0 Å². The van der Waals surface area contributed by atoms with Gasteiger partial charge in [0.05, 0.1) is 0 Å². The van der Waals surface area contributed by atoms with Crippen LogP contribution < -0.4 is 5.32 Å². The van der Waals surface area contributed by atoms with Crippen LogP contribution in [0.15, 0.2) is 12.1 Å². The molecule has 0 spiro atoms. The van der Waals surface area contributed by atoms with E-state index in [4.69, 9.17) is 0 Å². The van der Waals surface area contributed by atoms with Crippen molar-refractivity contribution in [3.05, 3.63) is 23.3 Å². The maximum Gasteiger partial charge on any atom is 0.157 e. The third-order valence-corrected chi connectivity index (χ3v) is 3.21. The van der Waals surface area contributed by atoms with Crippen molar-refractivity contribution in [1.82, 2.24) is 5.32 Å². The summed E-state index contributed by atoms with van der Waals surface area (Å²) in [6, 6.07) is 3.90. The van der Waals surface area contributed by atoms with Gasteiger partial charge in [-0.3, -0.25) is 0 Å². The van der Waals surface area contributed by atoms with Crippen molar-refractivity contribution in [2.24, 2.45) is 0 Å². The third-order valence-electron chi connectivity index (χ3n) is 3.21. The number of phenols is 2. The minimum atomic E-state index is -0.00473. The maximum atomic E-state index is 9.47. The molecule has 0 bridgehead atoms. The highest BCUT2D eigenvalue weighted by Crippen LogP contribution is 2.32.